The Morgan fingerprint density at radius 2 is 1.85 bits per heavy atom. The van der Waals surface area contributed by atoms with Crippen molar-refractivity contribution in [2.75, 3.05) is 26.2 Å². The van der Waals surface area contributed by atoms with Crippen molar-refractivity contribution < 1.29 is 18.7 Å². The van der Waals surface area contributed by atoms with Crippen molar-refractivity contribution in [2.24, 2.45) is 0 Å². The van der Waals surface area contributed by atoms with Crippen LogP contribution in [0.3, 0.4) is 0 Å². The Labute approximate surface area is 158 Å². The van der Waals surface area contributed by atoms with E-state index in [1.54, 1.807) is 41.3 Å². The number of hydrogen-bond donors (Lipinski definition) is 0. The zero-order valence-corrected chi connectivity index (χ0v) is 15.4. The third-order valence-corrected chi connectivity index (χ3v) is 4.50. The van der Waals surface area contributed by atoms with E-state index in [1.165, 1.54) is 11.0 Å². The lowest BCUT2D eigenvalue weighted by atomic mass is 10.1. The van der Waals surface area contributed by atoms with Gasteiger partial charge in [-0.15, -0.1) is 0 Å². The van der Waals surface area contributed by atoms with Crippen LogP contribution in [0.15, 0.2) is 48.5 Å². The monoisotopic (exact) mass is 370 g/mol. The van der Waals surface area contributed by atoms with E-state index in [0.717, 1.165) is 6.42 Å². The highest BCUT2D eigenvalue weighted by Gasteiger charge is 2.29. The highest BCUT2D eigenvalue weighted by atomic mass is 19.1. The van der Waals surface area contributed by atoms with Crippen LogP contribution in [0.2, 0.25) is 0 Å². The fourth-order valence-corrected chi connectivity index (χ4v) is 3.03. The maximum atomic E-state index is 13.8. The minimum absolute atomic E-state index is 0.0185. The van der Waals surface area contributed by atoms with Gasteiger partial charge in [0.1, 0.15) is 18.1 Å². The van der Waals surface area contributed by atoms with Gasteiger partial charge in [0.05, 0.1) is 12.2 Å². The summed E-state index contributed by atoms with van der Waals surface area (Å²) in [7, 11) is 0. The molecule has 2 aromatic rings. The van der Waals surface area contributed by atoms with Gasteiger partial charge in [0.25, 0.3) is 5.91 Å². The van der Waals surface area contributed by atoms with Crippen molar-refractivity contribution in [1.29, 1.82) is 0 Å². The van der Waals surface area contributed by atoms with E-state index < -0.39 is 0 Å². The molecule has 1 aliphatic rings. The minimum Gasteiger partial charge on any atom is -0.493 e. The van der Waals surface area contributed by atoms with Crippen molar-refractivity contribution in [3.63, 3.8) is 0 Å². The van der Waals surface area contributed by atoms with Crippen molar-refractivity contribution in [3.05, 3.63) is 65.5 Å². The number of benzene rings is 2. The summed E-state index contributed by atoms with van der Waals surface area (Å²) in [5.74, 6) is -0.207. The molecule has 5 nitrogen and oxygen atoms in total. The first-order valence-corrected chi connectivity index (χ1v) is 9.12. The Morgan fingerprint density at radius 1 is 1.11 bits per heavy atom. The summed E-state index contributed by atoms with van der Waals surface area (Å²) in [4.78, 5) is 28.5. The van der Waals surface area contributed by atoms with E-state index in [1.807, 2.05) is 13.0 Å². The summed E-state index contributed by atoms with van der Waals surface area (Å²) >= 11 is 0. The van der Waals surface area contributed by atoms with Crippen LogP contribution in [0, 0.1) is 5.82 Å². The maximum Gasteiger partial charge on any atom is 0.258 e. The van der Waals surface area contributed by atoms with E-state index in [0.29, 0.717) is 36.6 Å². The second kappa shape index (κ2) is 8.66. The van der Waals surface area contributed by atoms with Gasteiger partial charge in [0.15, 0.2) is 0 Å². The summed E-state index contributed by atoms with van der Waals surface area (Å²) in [5, 5.41) is 0. The molecule has 0 saturated carbocycles. The van der Waals surface area contributed by atoms with E-state index in [4.69, 9.17) is 4.74 Å². The van der Waals surface area contributed by atoms with E-state index in [9.17, 15) is 14.0 Å². The molecule has 27 heavy (non-hydrogen) atoms. The van der Waals surface area contributed by atoms with Crippen LogP contribution in [0.1, 0.15) is 29.3 Å². The first-order valence-electron chi connectivity index (χ1n) is 9.12. The molecule has 1 aliphatic heterocycles. The lowest BCUT2D eigenvalue weighted by molar-refractivity contribution is -0.135. The number of nitrogens with zero attached hydrogens (tertiary/aromatic N) is 2. The molecule has 2 amide bonds. The molecule has 6 heteroatoms. The van der Waals surface area contributed by atoms with Gasteiger partial charge >= 0.3 is 0 Å². The van der Waals surface area contributed by atoms with Gasteiger partial charge in [-0.25, -0.2) is 4.39 Å². The van der Waals surface area contributed by atoms with Gasteiger partial charge in [0, 0.05) is 25.2 Å². The number of para-hydroxylation sites is 1. The Hall–Kier alpha value is -2.89. The average molecular weight is 370 g/mol. The SMILES string of the molecule is CCCOc1ccccc1C(=O)N1CCN(Cc2ccccc2F)C(=O)C1. The molecule has 0 aliphatic carbocycles. The predicted octanol–water partition coefficient (Wildman–Crippen LogP) is 3.10. The van der Waals surface area contributed by atoms with Gasteiger partial charge in [-0.2, -0.15) is 0 Å². The summed E-state index contributed by atoms with van der Waals surface area (Å²) < 4.78 is 19.5. The van der Waals surface area contributed by atoms with Gasteiger partial charge in [-0.05, 0) is 24.6 Å². The highest BCUT2D eigenvalue weighted by molar-refractivity contribution is 5.99. The van der Waals surface area contributed by atoms with Crippen LogP contribution in [0.4, 0.5) is 4.39 Å². The molecule has 1 heterocycles. The maximum absolute atomic E-state index is 13.8. The fraction of sp³-hybridized carbons (Fsp3) is 0.333. The third kappa shape index (κ3) is 4.45. The van der Waals surface area contributed by atoms with Crippen LogP contribution in [0.25, 0.3) is 0 Å². The standard InChI is InChI=1S/C21H23FN2O3/c1-2-13-27-19-10-6-4-8-17(19)21(26)24-12-11-23(20(25)15-24)14-16-7-3-5-9-18(16)22/h3-10H,2,11-15H2,1H3. The molecule has 2 aromatic carbocycles. The van der Waals surface area contributed by atoms with Crippen LogP contribution in [0.5, 0.6) is 5.75 Å². The van der Waals surface area contributed by atoms with Crippen molar-refractivity contribution in [3.8, 4) is 5.75 Å². The number of halogens is 1. The van der Waals surface area contributed by atoms with Gasteiger partial charge < -0.3 is 14.5 Å². The normalized spacial score (nSPS) is 14.4. The Kier molecular flexibility index (Phi) is 6.06. The van der Waals surface area contributed by atoms with Gasteiger partial charge in [-0.1, -0.05) is 37.3 Å². The number of piperazine rings is 1. The number of amides is 2. The largest absolute Gasteiger partial charge is 0.493 e. The number of rotatable bonds is 6. The second-order valence-electron chi connectivity index (χ2n) is 6.48. The predicted molar refractivity (Wildman–Crippen MR) is 99.9 cm³/mol. The quantitative estimate of drug-likeness (QED) is 0.785. The van der Waals surface area contributed by atoms with Crippen LogP contribution in [-0.4, -0.2) is 47.9 Å². The molecule has 0 radical (unpaired) electrons. The van der Waals surface area contributed by atoms with Crippen LogP contribution in [-0.2, 0) is 11.3 Å². The van der Waals surface area contributed by atoms with E-state index in [2.05, 4.69) is 0 Å². The van der Waals surface area contributed by atoms with Crippen LogP contribution >= 0.6 is 0 Å². The summed E-state index contributed by atoms with van der Waals surface area (Å²) in [5.41, 5.74) is 0.935. The fourth-order valence-electron chi connectivity index (χ4n) is 3.03. The second-order valence-corrected chi connectivity index (χ2v) is 6.48. The lowest BCUT2D eigenvalue weighted by Gasteiger charge is -2.34. The zero-order chi connectivity index (χ0) is 19.2. The zero-order valence-electron chi connectivity index (χ0n) is 15.4. The first-order chi connectivity index (χ1) is 13.1. The summed E-state index contributed by atoms with van der Waals surface area (Å²) in [6.07, 6.45) is 0.843. The highest BCUT2D eigenvalue weighted by Crippen LogP contribution is 2.21. The number of carbonyl (C=O) groups is 2. The Bertz CT molecular complexity index is 825. The third-order valence-electron chi connectivity index (χ3n) is 4.50. The Balaban J connectivity index is 1.67. The molecule has 1 saturated heterocycles. The number of ether oxygens (including phenoxy) is 1. The smallest absolute Gasteiger partial charge is 0.258 e. The van der Waals surface area contributed by atoms with Gasteiger partial charge in [0.2, 0.25) is 5.91 Å². The van der Waals surface area contributed by atoms with Crippen LogP contribution < -0.4 is 4.74 Å². The molecule has 0 aromatic heterocycles. The number of hydrogen-bond acceptors (Lipinski definition) is 3. The molecular weight excluding hydrogens is 347 g/mol. The summed E-state index contributed by atoms with van der Waals surface area (Å²) in [6, 6.07) is 13.5. The summed E-state index contributed by atoms with van der Waals surface area (Å²) in [6.45, 7) is 3.49. The molecule has 1 fully saturated rings. The first kappa shape index (κ1) is 18.9. The topological polar surface area (TPSA) is 49.9 Å². The van der Waals surface area contributed by atoms with E-state index >= 15 is 0 Å². The Morgan fingerprint density at radius 3 is 2.59 bits per heavy atom. The average Bonchev–Trinajstić information content (AvgIpc) is 2.69. The van der Waals surface area contributed by atoms with Crippen molar-refractivity contribution in [1.82, 2.24) is 9.80 Å². The van der Waals surface area contributed by atoms with Gasteiger partial charge in [-0.3, -0.25) is 9.59 Å². The molecule has 3 rings (SSSR count). The number of carbonyl (C=O) groups excluding carboxylic acids is 2. The molecule has 0 spiro atoms. The molecular formula is C21H23FN2O3. The molecule has 0 atom stereocenters. The molecule has 142 valence electrons. The minimum atomic E-state index is -0.328. The van der Waals surface area contributed by atoms with Crippen molar-refractivity contribution >= 4 is 11.8 Å². The molecule has 0 bridgehead atoms. The lowest BCUT2D eigenvalue weighted by Crippen LogP contribution is -2.51. The van der Waals surface area contributed by atoms with Crippen molar-refractivity contribution in [2.45, 2.75) is 19.9 Å². The molecule has 0 N–H and O–H groups in total. The van der Waals surface area contributed by atoms with E-state index in [-0.39, 0.29) is 30.7 Å². The molecule has 0 unspecified atom stereocenters.